The molecule has 2 fully saturated rings. The Morgan fingerprint density at radius 3 is 2.40 bits per heavy atom. The van der Waals surface area contributed by atoms with E-state index in [-0.39, 0.29) is 42.0 Å². The first-order valence-corrected chi connectivity index (χ1v) is 16.9. The second-order valence-electron chi connectivity index (χ2n) is 13.5. The van der Waals surface area contributed by atoms with Crippen molar-refractivity contribution in [1.29, 1.82) is 0 Å². The van der Waals surface area contributed by atoms with Gasteiger partial charge in [-0.3, -0.25) is 4.79 Å². The average Bonchev–Trinajstić information content (AvgIpc) is 3.72. The van der Waals surface area contributed by atoms with E-state index >= 15 is 0 Å². The number of imidazole rings is 1. The fraction of sp³-hybridized carbons (Fsp3) is 0.562. The van der Waals surface area contributed by atoms with E-state index in [1.807, 2.05) is 50.8 Å². The summed E-state index contributed by atoms with van der Waals surface area (Å²) in [5.41, 5.74) is 1.97. The van der Waals surface area contributed by atoms with Gasteiger partial charge in [0.2, 0.25) is 10.9 Å². The number of aryl methyl sites for hydroxylation is 2. The van der Waals surface area contributed by atoms with Crippen molar-refractivity contribution in [3.05, 3.63) is 40.4 Å². The van der Waals surface area contributed by atoms with Gasteiger partial charge in [0.25, 0.3) is 0 Å². The molecule has 1 atom stereocenters. The topological polar surface area (TPSA) is 125 Å². The number of hydrogen-bond acceptors (Lipinski definition) is 9. The number of alkyl halides is 3. The number of carbonyl (C=O) groups is 2. The lowest BCUT2D eigenvalue weighted by Gasteiger charge is -2.40. The summed E-state index contributed by atoms with van der Waals surface area (Å²) in [6.07, 6.45) is -3.41. The number of halogens is 3. The van der Waals surface area contributed by atoms with Crippen LogP contribution in [0.5, 0.6) is 0 Å². The number of ether oxygens (including phenoxy) is 1. The van der Waals surface area contributed by atoms with Gasteiger partial charge in [0.05, 0.1) is 11.0 Å². The number of piperazine rings is 1. The van der Waals surface area contributed by atoms with Gasteiger partial charge in [-0.15, -0.1) is 0 Å². The van der Waals surface area contributed by atoms with E-state index in [2.05, 4.69) is 25.0 Å². The molecule has 0 aliphatic carbocycles. The number of nitrogens with one attached hydrogen (secondary N) is 1. The van der Waals surface area contributed by atoms with Crippen LogP contribution in [0.15, 0.2) is 18.2 Å². The average molecular weight is 688 g/mol. The molecular weight excluding hydrogens is 647 g/mol. The van der Waals surface area contributed by atoms with Crippen molar-refractivity contribution >= 4 is 39.4 Å². The molecule has 4 aromatic rings. The van der Waals surface area contributed by atoms with Crippen LogP contribution in [-0.4, -0.2) is 95.9 Å². The summed E-state index contributed by atoms with van der Waals surface area (Å²) in [5.74, 6) is 1.57. The molecular formula is C32H40F3N9O3S. The van der Waals surface area contributed by atoms with Crippen molar-refractivity contribution in [2.24, 2.45) is 0 Å². The van der Waals surface area contributed by atoms with E-state index in [1.165, 1.54) is 0 Å². The van der Waals surface area contributed by atoms with E-state index in [1.54, 1.807) is 28.3 Å². The van der Waals surface area contributed by atoms with E-state index in [9.17, 15) is 22.8 Å². The van der Waals surface area contributed by atoms with Crippen LogP contribution in [0.2, 0.25) is 0 Å². The summed E-state index contributed by atoms with van der Waals surface area (Å²) in [5, 5.41) is 3.69. The number of thiazole rings is 1. The number of amides is 2. The monoisotopic (exact) mass is 687 g/mol. The third-order valence-electron chi connectivity index (χ3n) is 8.68. The Morgan fingerprint density at radius 1 is 1.04 bits per heavy atom. The fourth-order valence-electron chi connectivity index (χ4n) is 6.36. The fourth-order valence-corrected chi connectivity index (χ4v) is 7.33. The summed E-state index contributed by atoms with van der Waals surface area (Å²) < 4.78 is 49.0. The minimum Gasteiger partial charge on any atom is -0.444 e. The molecule has 2 amide bonds. The quantitative estimate of drug-likeness (QED) is 0.281. The minimum absolute atomic E-state index is 0.0465. The molecule has 258 valence electrons. The molecule has 12 nitrogen and oxygen atoms in total. The van der Waals surface area contributed by atoms with Gasteiger partial charge in [-0.1, -0.05) is 17.4 Å². The molecule has 3 aromatic heterocycles. The number of hydrogen-bond donors (Lipinski definition) is 1. The molecule has 0 bridgehead atoms. The largest absolute Gasteiger partial charge is 0.444 e. The van der Waals surface area contributed by atoms with Gasteiger partial charge in [0.15, 0.2) is 5.82 Å². The number of piperidine rings is 1. The van der Waals surface area contributed by atoms with Gasteiger partial charge in [0.1, 0.15) is 34.5 Å². The highest BCUT2D eigenvalue weighted by Gasteiger charge is 2.39. The number of rotatable bonds is 5. The highest BCUT2D eigenvalue weighted by Crippen LogP contribution is 2.43. The summed E-state index contributed by atoms with van der Waals surface area (Å²) in [7, 11) is 0. The molecule has 1 unspecified atom stereocenters. The predicted octanol–water partition coefficient (Wildman–Crippen LogP) is 5.77. The molecule has 1 N–H and O–H groups in total. The van der Waals surface area contributed by atoms with Crippen molar-refractivity contribution in [3.63, 3.8) is 0 Å². The molecule has 2 saturated heterocycles. The maximum Gasteiger partial charge on any atom is 0.443 e. The van der Waals surface area contributed by atoms with E-state index in [0.717, 1.165) is 18.4 Å². The van der Waals surface area contributed by atoms with Crippen LogP contribution in [0.1, 0.15) is 68.7 Å². The van der Waals surface area contributed by atoms with Crippen LogP contribution in [0.4, 0.5) is 23.0 Å². The highest BCUT2D eigenvalue weighted by atomic mass is 32.1. The third-order valence-corrected chi connectivity index (χ3v) is 9.84. The highest BCUT2D eigenvalue weighted by molar-refractivity contribution is 7.16. The summed E-state index contributed by atoms with van der Waals surface area (Å²) >= 11 is 0.590. The Hall–Kier alpha value is -4.21. The van der Waals surface area contributed by atoms with Crippen molar-refractivity contribution < 1.29 is 27.5 Å². The SMILES string of the molecule is Cc1nc(C)n(CC(=O)N2CCN(c3sc(C(F)(F)F)nc3-c3nc4ccc(C5CCN(C(=O)OC(C)(C)C)CC5)cc4[nH]3)CC2C)n1. The third kappa shape index (κ3) is 7.12. The number of aromatic nitrogens is 6. The van der Waals surface area contributed by atoms with Crippen molar-refractivity contribution in [3.8, 4) is 11.5 Å². The number of aromatic amines is 1. The number of nitrogens with zero attached hydrogens (tertiary/aromatic N) is 8. The summed E-state index contributed by atoms with van der Waals surface area (Å²) in [4.78, 5) is 47.2. The molecule has 16 heteroatoms. The predicted molar refractivity (Wildman–Crippen MR) is 175 cm³/mol. The van der Waals surface area contributed by atoms with Crippen molar-refractivity contribution in [2.45, 2.75) is 84.7 Å². The number of benzene rings is 1. The lowest BCUT2D eigenvalue weighted by atomic mass is 9.89. The second kappa shape index (κ2) is 12.7. The molecule has 0 radical (unpaired) electrons. The number of carbonyl (C=O) groups excluding carboxylic acids is 2. The van der Waals surface area contributed by atoms with Gasteiger partial charge in [-0.2, -0.15) is 18.3 Å². The minimum atomic E-state index is -4.62. The standard InChI is InChI=1S/C32H40F3N9O3S/c1-18-16-42(13-14-43(18)25(45)17-44-20(3)36-19(2)40-44)28-26(39-29(48-28)32(33,34)35)27-37-23-8-7-22(15-24(23)38-27)21-9-11-41(12-10-21)30(46)47-31(4,5)6/h7-8,15,18,21H,9-14,16-17H2,1-6H3,(H,37,38). The molecule has 2 aliphatic heterocycles. The van der Waals surface area contributed by atoms with Crippen molar-refractivity contribution in [1.82, 2.24) is 39.5 Å². The van der Waals surface area contributed by atoms with Gasteiger partial charge in [-0.05, 0) is 78.0 Å². The molecule has 6 rings (SSSR count). The molecule has 0 spiro atoms. The smallest absolute Gasteiger partial charge is 0.443 e. The second-order valence-corrected chi connectivity index (χ2v) is 14.5. The lowest BCUT2D eigenvalue weighted by molar-refractivity contribution is -0.137. The van der Waals surface area contributed by atoms with Crippen LogP contribution < -0.4 is 4.90 Å². The zero-order chi connectivity index (χ0) is 34.5. The Morgan fingerprint density at radius 2 is 1.77 bits per heavy atom. The maximum atomic E-state index is 14.0. The number of H-pyrrole nitrogens is 1. The van der Waals surface area contributed by atoms with Crippen LogP contribution in [-0.2, 0) is 22.3 Å². The van der Waals surface area contributed by atoms with Gasteiger partial charge >= 0.3 is 12.3 Å². The van der Waals surface area contributed by atoms with Crippen molar-refractivity contribution in [2.75, 3.05) is 37.6 Å². The zero-order valence-electron chi connectivity index (χ0n) is 27.9. The van der Waals surface area contributed by atoms with Gasteiger partial charge < -0.3 is 24.4 Å². The Kier molecular flexibility index (Phi) is 8.89. The molecule has 48 heavy (non-hydrogen) atoms. The van der Waals surface area contributed by atoms with E-state index in [0.29, 0.717) is 71.7 Å². The lowest BCUT2D eigenvalue weighted by Crippen LogP contribution is -2.54. The zero-order valence-corrected chi connectivity index (χ0v) is 28.7. The first kappa shape index (κ1) is 33.7. The summed E-state index contributed by atoms with van der Waals surface area (Å²) in [6, 6.07) is 5.58. The first-order chi connectivity index (χ1) is 22.6. The Labute approximate surface area is 280 Å². The van der Waals surface area contributed by atoms with Gasteiger partial charge in [-0.25, -0.2) is 24.4 Å². The Balaban J connectivity index is 1.19. The molecule has 1 aromatic carbocycles. The van der Waals surface area contributed by atoms with E-state index in [4.69, 9.17) is 4.74 Å². The maximum absolute atomic E-state index is 14.0. The normalized spacial score (nSPS) is 18.2. The summed E-state index contributed by atoms with van der Waals surface area (Å²) in [6.45, 7) is 13.2. The van der Waals surface area contributed by atoms with Crippen LogP contribution in [0.3, 0.4) is 0 Å². The number of likely N-dealkylation sites (tertiary alicyclic amines) is 1. The molecule has 0 saturated carbocycles. The number of fused-ring (bicyclic) bond motifs is 1. The van der Waals surface area contributed by atoms with Crippen LogP contribution >= 0.6 is 11.3 Å². The molecule has 5 heterocycles. The van der Waals surface area contributed by atoms with Crippen LogP contribution in [0, 0.1) is 13.8 Å². The van der Waals surface area contributed by atoms with E-state index < -0.39 is 16.8 Å². The Bertz CT molecular complexity index is 1820. The van der Waals surface area contributed by atoms with Gasteiger partial charge in [0, 0.05) is 38.8 Å². The molecule has 2 aliphatic rings. The first-order valence-electron chi connectivity index (χ1n) is 16.0. The van der Waals surface area contributed by atoms with Crippen LogP contribution in [0.25, 0.3) is 22.6 Å². The number of anilines is 1.